The molecule has 5 heteroatoms. The topological polar surface area (TPSA) is 40.6 Å². The van der Waals surface area contributed by atoms with Crippen molar-refractivity contribution >= 4 is 11.6 Å². The van der Waals surface area contributed by atoms with Gasteiger partial charge < -0.3 is 14.2 Å². The molecule has 0 spiro atoms. The van der Waals surface area contributed by atoms with Crippen molar-refractivity contribution in [2.24, 2.45) is 0 Å². The molecule has 0 aliphatic rings. The molecule has 0 atom stereocenters. The molecule has 2 rings (SSSR count). The zero-order valence-electron chi connectivity index (χ0n) is 10.7. The van der Waals surface area contributed by atoms with Gasteiger partial charge in [0.2, 0.25) is 0 Å². The predicted molar refractivity (Wildman–Crippen MR) is 73.1 cm³/mol. The summed E-state index contributed by atoms with van der Waals surface area (Å²) in [6, 6.07) is 8.98. The monoisotopic (exact) mass is 279 g/mol. The lowest BCUT2D eigenvalue weighted by Gasteiger charge is -2.10. The molecule has 1 aromatic carbocycles. The largest absolute Gasteiger partial charge is 0.496 e. The Labute approximate surface area is 116 Å². The first-order valence-electron chi connectivity index (χ1n) is 5.67. The van der Waals surface area contributed by atoms with Gasteiger partial charge in [-0.2, -0.15) is 0 Å². The highest BCUT2D eigenvalue weighted by Crippen LogP contribution is 2.27. The Morgan fingerprint density at radius 1 is 1.00 bits per heavy atom. The molecule has 19 heavy (non-hydrogen) atoms. The number of benzene rings is 1. The van der Waals surface area contributed by atoms with Crippen molar-refractivity contribution in [3.63, 3.8) is 0 Å². The molecule has 0 saturated carbocycles. The number of halogens is 1. The third-order valence-corrected chi connectivity index (χ3v) is 2.74. The summed E-state index contributed by atoms with van der Waals surface area (Å²) >= 11 is 5.72. The number of hydrogen-bond donors (Lipinski definition) is 0. The van der Waals surface area contributed by atoms with Crippen molar-refractivity contribution in [3.05, 3.63) is 47.2 Å². The van der Waals surface area contributed by atoms with E-state index in [-0.39, 0.29) is 0 Å². The quantitative estimate of drug-likeness (QED) is 0.787. The van der Waals surface area contributed by atoms with Gasteiger partial charge in [0, 0.05) is 30.0 Å². The van der Waals surface area contributed by atoms with Gasteiger partial charge in [0.15, 0.2) is 0 Å². The van der Waals surface area contributed by atoms with E-state index in [0.29, 0.717) is 29.0 Å². The van der Waals surface area contributed by atoms with Crippen molar-refractivity contribution < 1.29 is 14.2 Å². The Balaban J connectivity index is 2.08. The van der Waals surface area contributed by atoms with E-state index >= 15 is 0 Å². The minimum Gasteiger partial charge on any atom is -0.496 e. The van der Waals surface area contributed by atoms with Crippen LogP contribution in [0.1, 0.15) is 5.56 Å². The van der Waals surface area contributed by atoms with Gasteiger partial charge in [0.25, 0.3) is 0 Å². The third kappa shape index (κ3) is 3.76. The summed E-state index contributed by atoms with van der Waals surface area (Å²) in [5, 5.41) is 0.465. The van der Waals surface area contributed by atoms with Crippen molar-refractivity contribution in [2.75, 3.05) is 14.2 Å². The molecule has 0 fully saturated rings. The van der Waals surface area contributed by atoms with Crippen LogP contribution in [0.3, 0.4) is 0 Å². The second kappa shape index (κ2) is 6.29. The summed E-state index contributed by atoms with van der Waals surface area (Å²) < 4.78 is 16.0. The maximum atomic E-state index is 5.72. The summed E-state index contributed by atoms with van der Waals surface area (Å²) in [7, 11) is 3.20. The highest BCUT2D eigenvalue weighted by molar-refractivity contribution is 6.29. The number of rotatable bonds is 5. The number of methoxy groups -OCH3 is 2. The predicted octanol–water partition coefficient (Wildman–Crippen LogP) is 3.33. The lowest BCUT2D eigenvalue weighted by atomic mass is 10.3. The zero-order valence-corrected chi connectivity index (χ0v) is 11.5. The molecular weight excluding hydrogens is 266 g/mol. The number of nitrogens with zero attached hydrogens (tertiary/aromatic N) is 1. The highest BCUT2D eigenvalue weighted by atomic mass is 35.5. The van der Waals surface area contributed by atoms with E-state index in [9.17, 15) is 0 Å². The van der Waals surface area contributed by atoms with E-state index in [2.05, 4.69) is 4.98 Å². The average molecular weight is 280 g/mol. The SMILES string of the molecule is COc1cc(OC)cc(OCc2ccc(Cl)nc2)c1. The molecule has 0 aliphatic carbocycles. The van der Waals surface area contributed by atoms with Crippen LogP contribution in [0.4, 0.5) is 0 Å². The summed E-state index contributed by atoms with van der Waals surface area (Å²) in [5.41, 5.74) is 0.936. The normalized spacial score (nSPS) is 10.1. The van der Waals surface area contributed by atoms with Crippen LogP contribution in [0, 0.1) is 0 Å². The fraction of sp³-hybridized carbons (Fsp3) is 0.214. The zero-order chi connectivity index (χ0) is 13.7. The second-order valence-corrected chi connectivity index (χ2v) is 4.21. The molecule has 0 amide bonds. The summed E-state index contributed by atoms with van der Waals surface area (Å²) in [4.78, 5) is 3.99. The van der Waals surface area contributed by atoms with Crippen molar-refractivity contribution in [1.82, 2.24) is 4.98 Å². The van der Waals surface area contributed by atoms with E-state index in [1.165, 1.54) is 0 Å². The van der Waals surface area contributed by atoms with Gasteiger partial charge in [-0.05, 0) is 6.07 Å². The highest BCUT2D eigenvalue weighted by Gasteiger charge is 2.03. The van der Waals surface area contributed by atoms with Crippen molar-refractivity contribution in [2.45, 2.75) is 6.61 Å². The van der Waals surface area contributed by atoms with E-state index in [4.69, 9.17) is 25.8 Å². The molecule has 0 radical (unpaired) electrons. The Hall–Kier alpha value is -1.94. The first kappa shape index (κ1) is 13.5. The van der Waals surface area contributed by atoms with Crippen LogP contribution in [0.15, 0.2) is 36.5 Å². The molecule has 0 N–H and O–H groups in total. The Kier molecular flexibility index (Phi) is 4.47. The molecule has 0 aliphatic heterocycles. The molecule has 0 unspecified atom stereocenters. The maximum absolute atomic E-state index is 5.72. The van der Waals surface area contributed by atoms with Crippen LogP contribution in [0.5, 0.6) is 17.2 Å². The molecule has 1 aromatic heterocycles. The fourth-order valence-electron chi connectivity index (χ4n) is 1.52. The van der Waals surface area contributed by atoms with Gasteiger partial charge in [0.1, 0.15) is 29.0 Å². The van der Waals surface area contributed by atoms with E-state index in [1.54, 1.807) is 44.7 Å². The van der Waals surface area contributed by atoms with Gasteiger partial charge in [-0.1, -0.05) is 17.7 Å². The van der Waals surface area contributed by atoms with Crippen molar-refractivity contribution in [3.8, 4) is 17.2 Å². The first-order valence-corrected chi connectivity index (χ1v) is 6.05. The smallest absolute Gasteiger partial charge is 0.129 e. The average Bonchev–Trinajstić information content (AvgIpc) is 2.46. The van der Waals surface area contributed by atoms with Gasteiger partial charge in [-0.3, -0.25) is 0 Å². The van der Waals surface area contributed by atoms with Crippen LogP contribution in [0.25, 0.3) is 0 Å². The van der Waals surface area contributed by atoms with Crippen LogP contribution >= 0.6 is 11.6 Å². The maximum Gasteiger partial charge on any atom is 0.129 e. The number of pyridine rings is 1. The third-order valence-electron chi connectivity index (χ3n) is 2.52. The number of ether oxygens (including phenoxy) is 3. The van der Waals surface area contributed by atoms with Crippen LogP contribution in [0.2, 0.25) is 5.15 Å². The van der Waals surface area contributed by atoms with Crippen LogP contribution in [-0.2, 0) is 6.61 Å². The van der Waals surface area contributed by atoms with E-state index in [0.717, 1.165) is 5.56 Å². The Morgan fingerprint density at radius 2 is 1.63 bits per heavy atom. The molecule has 4 nitrogen and oxygen atoms in total. The minimum absolute atomic E-state index is 0.403. The second-order valence-electron chi connectivity index (χ2n) is 3.83. The van der Waals surface area contributed by atoms with Crippen molar-refractivity contribution in [1.29, 1.82) is 0 Å². The number of aromatic nitrogens is 1. The van der Waals surface area contributed by atoms with Gasteiger partial charge in [0.05, 0.1) is 14.2 Å². The molecular formula is C14H14ClNO3. The summed E-state index contributed by atoms with van der Waals surface area (Å²) in [6.45, 7) is 0.403. The van der Waals surface area contributed by atoms with Gasteiger partial charge in [-0.25, -0.2) is 4.98 Å². The standard InChI is InChI=1S/C14H14ClNO3/c1-17-11-5-12(18-2)7-13(6-11)19-9-10-3-4-14(15)16-8-10/h3-8H,9H2,1-2H3. The summed E-state index contributed by atoms with van der Waals surface area (Å²) in [5.74, 6) is 2.04. The number of hydrogen-bond acceptors (Lipinski definition) is 4. The fourth-order valence-corrected chi connectivity index (χ4v) is 1.63. The van der Waals surface area contributed by atoms with Gasteiger partial charge in [-0.15, -0.1) is 0 Å². The minimum atomic E-state index is 0.403. The lowest BCUT2D eigenvalue weighted by molar-refractivity contribution is 0.300. The lowest BCUT2D eigenvalue weighted by Crippen LogP contribution is -1.97. The van der Waals surface area contributed by atoms with E-state index < -0.39 is 0 Å². The van der Waals surface area contributed by atoms with Crippen LogP contribution in [-0.4, -0.2) is 19.2 Å². The first-order chi connectivity index (χ1) is 9.21. The molecule has 100 valence electrons. The molecule has 1 heterocycles. The van der Waals surface area contributed by atoms with E-state index in [1.807, 2.05) is 6.07 Å². The van der Waals surface area contributed by atoms with Crippen LogP contribution < -0.4 is 14.2 Å². The van der Waals surface area contributed by atoms with Gasteiger partial charge >= 0.3 is 0 Å². The summed E-state index contributed by atoms with van der Waals surface area (Å²) in [6.07, 6.45) is 1.68. The molecule has 0 saturated heterocycles. The molecule has 0 bridgehead atoms. The molecule has 2 aromatic rings. The Bertz CT molecular complexity index is 521. The Morgan fingerprint density at radius 3 is 2.16 bits per heavy atom.